The predicted octanol–water partition coefficient (Wildman–Crippen LogP) is 2.42. The molecule has 0 spiro atoms. The molecule has 0 saturated heterocycles. The Hall–Kier alpha value is -3.48. The maximum absolute atomic E-state index is 12.4. The van der Waals surface area contributed by atoms with Crippen molar-refractivity contribution < 1.29 is 14.3 Å². The molecule has 0 bridgehead atoms. The van der Waals surface area contributed by atoms with Crippen LogP contribution in [-0.4, -0.2) is 42.0 Å². The summed E-state index contributed by atoms with van der Waals surface area (Å²) >= 11 is 0. The Morgan fingerprint density at radius 2 is 1.54 bits per heavy atom. The minimum Gasteiger partial charge on any atom is -0.496 e. The Kier molecular flexibility index (Phi) is 5.84. The van der Waals surface area contributed by atoms with Crippen LogP contribution in [0.5, 0.6) is 5.75 Å². The average molecular weight is 378 g/mol. The van der Waals surface area contributed by atoms with Crippen molar-refractivity contribution in [2.24, 2.45) is 0 Å². The van der Waals surface area contributed by atoms with Crippen LogP contribution in [0.1, 0.15) is 32.1 Å². The number of aromatic nitrogens is 2. The summed E-state index contributed by atoms with van der Waals surface area (Å²) in [5.74, 6) is 0.0267. The number of carbonyl (C=O) groups is 2. The van der Waals surface area contributed by atoms with E-state index in [1.165, 1.54) is 7.11 Å². The monoisotopic (exact) mass is 378 g/mol. The van der Waals surface area contributed by atoms with E-state index in [1.54, 1.807) is 42.5 Å². The zero-order chi connectivity index (χ0) is 20.1. The van der Waals surface area contributed by atoms with Crippen molar-refractivity contribution >= 4 is 22.8 Å². The number of nitrogens with one attached hydrogen (secondary N) is 2. The van der Waals surface area contributed by atoms with E-state index in [9.17, 15) is 9.59 Å². The van der Waals surface area contributed by atoms with Crippen LogP contribution in [0, 0.1) is 13.8 Å². The fraction of sp³-hybridized carbons (Fsp3) is 0.238. The zero-order valence-corrected chi connectivity index (χ0v) is 16.1. The number of hydrogen-bond acceptors (Lipinski definition) is 5. The molecule has 0 aliphatic carbocycles. The average Bonchev–Trinajstić information content (AvgIpc) is 2.71. The molecule has 0 atom stereocenters. The van der Waals surface area contributed by atoms with E-state index in [4.69, 9.17) is 4.74 Å². The van der Waals surface area contributed by atoms with Crippen LogP contribution in [0.2, 0.25) is 0 Å². The first kappa shape index (κ1) is 19.3. The van der Waals surface area contributed by atoms with Gasteiger partial charge in [-0.05, 0) is 44.2 Å². The van der Waals surface area contributed by atoms with Gasteiger partial charge in [-0.1, -0.05) is 12.1 Å². The summed E-state index contributed by atoms with van der Waals surface area (Å²) in [7, 11) is 1.52. The van der Waals surface area contributed by atoms with Gasteiger partial charge < -0.3 is 15.4 Å². The number of ether oxygens (including phenoxy) is 1. The number of rotatable bonds is 6. The van der Waals surface area contributed by atoms with Crippen LogP contribution in [0.4, 0.5) is 0 Å². The fourth-order valence-electron chi connectivity index (χ4n) is 2.75. The van der Waals surface area contributed by atoms with E-state index in [0.29, 0.717) is 35.5 Å². The standard InChI is InChI=1S/C21H22N4O3/c1-13-14(2)25-18-12-15(8-9-17(18)24-13)20(26)22-10-11-23-21(27)16-6-4-5-7-19(16)28-3/h4-9,12H,10-11H2,1-3H3,(H,22,26)(H,23,27). The SMILES string of the molecule is COc1ccccc1C(=O)NCCNC(=O)c1ccc2nc(C)c(C)nc2c1. The maximum atomic E-state index is 12.4. The smallest absolute Gasteiger partial charge is 0.255 e. The third kappa shape index (κ3) is 4.25. The van der Waals surface area contributed by atoms with Crippen LogP contribution in [0.3, 0.4) is 0 Å². The number of hydrogen-bond donors (Lipinski definition) is 2. The summed E-state index contributed by atoms with van der Waals surface area (Å²) in [6, 6.07) is 12.2. The minimum absolute atomic E-state index is 0.228. The van der Waals surface area contributed by atoms with Crippen LogP contribution < -0.4 is 15.4 Å². The van der Waals surface area contributed by atoms with Crippen LogP contribution in [0.25, 0.3) is 11.0 Å². The lowest BCUT2D eigenvalue weighted by molar-refractivity contribution is 0.0926. The molecule has 7 nitrogen and oxygen atoms in total. The molecule has 2 N–H and O–H groups in total. The van der Waals surface area contributed by atoms with Crippen LogP contribution in [0.15, 0.2) is 42.5 Å². The molecule has 3 rings (SSSR count). The Balaban J connectivity index is 1.56. The van der Waals surface area contributed by atoms with Crippen molar-refractivity contribution in [2.45, 2.75) is 13.8 Å². The molecule has 144 valence electrons. The molecular formula is C21H22N4O3. The normalized spacial score (nSPS) is 10.5. The highest BCUT2D eigenvalue weighted by Crippen LogP contribution is 2.17. The van der Waals surface area contributed by atoms with E-state index >= 15 is 0 Å². The third-order valence-electron chi connectivity index (χ3n) is 4.39. The molecule has 1 heterocycles. The quantitative estimate of drug-likeness (QED) is 0.643. The number of benzene rings is 2. The van der Waals surface area contributed by atoms with E-state index in [-0.39, 0.29) is 11.8 Å². The first-order chi connectivity index (χ1) is 13.5. The van der Waals surface area contributed by atoms with Gasteiger partial charge in [-0.25, -0.2) is 9.97 Å². The molecule has 1 aromatic heterocycles. The molecule has 28 heavy (non-hydrogen) atoms. The van der Waals surface area contributed by atoms with Gasteiger partial charge in [0.25, 0.3) is 11.8 Å². The number of aryl methyl sites for hydroxylation is 2. The van der Waals surface area contributed by atoms with Crippen molar-refractivity contribution in [3.8, 4) is 5.75 Å². The lowest BCUT2D eigenvalue weighted by Crippen LogP contribution is -2.34. The zero-order valence-electron chi connectivity index (χ0n) is 16.1. The Morgan fingerprint density at radius 1 is 0.893 bits per heavy atom. The van der Waals surface area contributed by atoms with Gasteiger partial charge in [-0.3, -0.25) is 9.59 Å². The van der Waals surface area contributed by atoms with Gasteiger partial charge in [-0.2, -0.15) is 0 Å². The Labute approximate surface area is 163 Å². The number of fused-ring (bicyclic) bond motifs is 1. The molecule has 2 aromatic carbocycles. The van der Waals surface area contributed by atoms with Gasteiger partial charge in [0.15, 0.2) is 0 Å². The van der Waals surface area contributed by atoms with E-state index in [0.717, 1.165) is 16.9 Å². The van der Waals surface area contributed by atoms with E-state index in [1.807, 2.05) is 13.8 Å². The number of methoxy groups -OCH3 is 1. The molecule has 0 unspecified atom stereocenters. The summed E-state index contributed by atoms with van der Waals surface area (Å²) in [6.45, 7) is 4.39. The van der Waals surface area contributed by atoms with Crippen molar-refractivity contribution in [1.29, 1.82) is 0 Å². The summed E-state index contributed by atoms with van der Waals surface area (Å²) in [5, 5.41) is 5.56. The highest BCUT2D eigenvalue weighted by Gasteiger charge is 2.11. The van der Waals surface area contributed by atoms with Gasteiger partial charge in [-0.15, -0.1) is 0 Å². The molecule has 0 aliphatic heterocycles. The lowest BCUT2D eigenvalue weighted by atomic mass is 10.1. The summed E-state index contributed by atoms with van der Waals surface area (Å²) < 4.78 is 5.18. The molecule has 0 radical (unpaired) electrons. The van der Waals surface area contributed by atoms with Crippen molar-refractivity contribution in [2.75, 3.05) is 20.2 Å². The number of carbonyl (C=O) groups excluding carboxylic acids is 2. The second-order valence-electron chi connectivity index (χ2n) is 6.31. The molecule has 3 aromatic rings. The highest BCUT2D eigenvalue weighted by atomic mass is 16.5. The molecular weight excluding hydrogens is 356 g/mol. The molecule has 0 fully saturated rings. The highest BCUT2D eigenvalue weighted by molar-refractivity contribution is 5.98. The molecule has 0 aliphatic rings. The second-order valence-corrected chi connectivity index (χ2v) is 6.31. The van der Waals surface area contributed by atoms with Gasteiger partial charge in [0, 0.05) is 18.7 Å². The molecule has 7 heteroatoms. The van der Waals surface area contributed by atoms with Gasteiger partial charge >= 0.3 is 0 Å². The van der Waals surface area contributed by atoms with Crippen molar-refractivity contribution in [3.63, 3.8) is 0 Å². The maximum Gasteiger partial charge on any atom is 0.255 e. The summed E-state index contributed by atoms with van der Waals surface area (Å²) in [4.78, 5) is 33.5. The second kappa shape index (κ2) is 8.47. The molecule has 0 saturated carbocycles. The first-order valence-corrected chi connectivity index (χ1v) is 8.94. The predicted molar refractivity (Wildman–Crippen MR) is 107 cm³/mol. The fourth-order valence-corrected chi connectivity index (χ4v) is 2.75. The van der Waals surface area contributed by atoms with Crippen LogP contribution >= 0.6 is 0 Å². The number of amides is 2. The van der Waals surface area contributed by atoms with Crippen molar-refractivity contribution in [1.82, 2.24) is 20.6 Å². The summed E-state index contributed by atoms with van der Waals surface area (Å²) in [5.41, 5.74) is 4.10. The van der Waals surface area contributed by atoms with E-state index in [2.05, 4.69) is 20.6 Å². The lowest BCUT2D eigenvalue weighted by Gasteiger charge is -2.10. The Bertz CT molecular complexity index is 1030. The van der Waals surface area contributed by atoms with E-state index < -0.39 is 0 Å². The molecule has 2 amide bonds. The van der Waals surface area contributed by atoms with Gasteiger partial charge in [0.05, 0.1) is 35.1 Å². The van der Waals surface area contributed by atoms with Gasteiger partial charge in [0.2, 0.25) is 0 Å². The number of nitrogens with zero attached hydrogens (tertiary/aromatic N) is 2. The third-order valence-corrected chi connectivity index (χ3v) is 4.39. The minimum atomic E-state index is -0.251. The van der Waals surface area contributed by atoms with Gasteiger partial charge in [0.1, 0.15) is 5.75 Å². The Morgan fingerprint density at radius 3 is 2.25 bits per heavy atom. The topological polar surface area (TPSA) is 93.2 Å². The van der Waals surface area contributed by atoms with Crippen LogP contribution in [-0.2, 0) is 0 Å². The number of para-hydroxylation sites is 1. The first-order valence-electron chi connectivity index (χ1n) is 8.94. The summed E-state index contributed by atoms with van der Waals surface area (Å²) in [6.07, 6.45) is 0. The largest absolute Gasteiger partial charge is 0.496 e. The van der Waals surface area contributed by atoms with Crippen molar-refractivity contribution in [3.05, 3.63) is 65.0 Å².